The highest BCUT2D eigenvalue weighted by Crippen LogP contribution is 2.46. The molecule has 1 aliphatic carbocycles. The molecule has 1 N–H and O–H groups in total. The number of amides is 2. The zero-order chi connectivity index (χ0) is 24.2. The Hall–Kier alpha value is -1.14. The van der Waals surface area contributed by atoms with E-state index in [1.807, 2.05) is 4.90 Å². The summed E-state index contributed by atoms with van der Waals surface area (Å²) >= 11 is 0. The smallest absolute Gasteiger partial charge is 0.245 e. The van der Waals surface area contributed by atoms with Gasteiger partial charge in [-0.1, -0.05) is 27.7 Å². The molecule has 1 spiro atoms. The van der Waals surface area contributed by atoms with Crippen LogP contribution in [0.1, 0.15) is 79.1 Å². The monoisotopic (exact) mass is 462 g/mol. The Balaban J connectivity index is 1.61. The van der Waals surface area contributed by atoms with Crippen LogP contribution < -0.4 is 5.32 Å². The maximum absolute atomic E-state index is 13.8. The van der Waals surface area contributed by atoms with Crippen LogP contribution in [0.15, 0.2) is 0 Å². The van der Waals surface area contributed by atoms with Gasteiger partial charge in [-0.25, -0.2) is 0 Å². The molecule has 2 aliphatic heterocycles. The van der Waals surface area contributed by atoms with E-state index in [1.165, 1.54) is 32.2 Å². The van der Waals surface area contributed by atoms with Gasteiger partial charge in [0.05, 0.1) is 6.04 Å². The van der Waals surface area contributed by atoms with E-state index in [9.17, 15) is 9.59 Å². The van der Waals surface area contributed by atoms with Gasteiger partial charge >= 0.3 is 0 Å². The van der Waals surface area contributed by atoms with Crippen LogP contribution in [-0.2, 0) is 9.59 Å². The second-order valence-electron chi connectivity index (χ2n) is 12.3. The van der Waals surface area contributed by atoms with Gasteiger partial charge in [0.2, 0.25) is 11.8 Å². The van der Waals surface area contributed by atoms with Crippen LogP contribution in [0.25, 0.3) is 0 Å². The van der Waals surface area contributed by atoms with Crippen LogP contribution in [0, 0.1) is 23.2 Å². The predicted octanol–water partition coefficient (Wildman–Crippen LogP) is 3.61. The number of likely N-dealkylation sites (tertiary alicyclic amines) is 1. The zero-order valence-electron chi connectivity index (χ0n) is 22.2. The van der Waals surface area contributed by atoms with Crippen molar-refractivity contribution in [3.63, 3.8) is 0 Å². The normalized spacial score (nSPS) is 25.5. The van der Waals surface area contributed by atoms with Crippen molar-refractivity contribution in [3.8, 4) is 0 Å². The van der Waals surface area contributed by atoms with E-state index >= 15 is 0 Å². The molecule has 33 heavy (non-hydrogen) atoms. The summed E-state index contributed by atoms with van der Waals surface area (Å²) in [6.07, 6.45) is 9.14. The Morgan fingerprint density at radius 3 is 2.21 bits per heavy atom. The van der Waals surface area contributed by atoms with E-state index in [2.05, 4.69) is 56.9 Å². The molecule has 0 aromatic carbocycles. The Kier molecular flexibility index (Phi) is 9.24. The average Bonchev–Trinajstić information content (AvgIpc) is 2.75. The summed E-state index contributed by atoms with van der Waals surface area (Å²) in [5, 5.41) is 3.39. The molecule has 3 rings (SSSR count). The SMILES string of the molecule is CC(C)CC(C(=O)N1CCC2(CCC(CN(C)C)CC2)CC1)N1CCN[C@@H](CC(C)C)C1=O. The van der Waals surface area contributed by atoms with Crippen LogP contribution in [0.3, 0.4) is 0 Å². The molecule has 2 atom stereocenters. The molecule has 2 heterocycles. The van der Waals surface area contributed by atoms with Crippen LogP contribution in [0.5, 0.6) is 0 Å². The quantitative estimate of drug-likeness (QED) is 0.599. The van der Waals surface area contributed by atoms with Gasteiger partial charge in [0.1, 0.15) is 6.04 Å². The fraction of sp³-hybridized carbons (Fsp3) is 0.926. The number of hydrogen-bond acceptors (Lipinski definition) is 4. The molecule has 3 fully saturated rings. The standard InChI is InChI=1S/C27H50N4O2/c1-20(2)17-23-25(32)31(16-13-28-23)24(18-21(3)4)26(33)30-14-11-27(12-15-30)9-7-22(8-10-27)19-29(5)6/h20-24,28H,7-19H2,1-6H3/t23-,24?/m0/s1. The van der Waals surface area contributed by atoms with E-state index in [0.717, 1.165) is 51.2 Å². The van der Waals surface area contributed by atoms with Crippen molar-refractivity contribution in [2.45, 2.75) is 91.1 Å². The first-order valence-electron chi connectivity index (χ1n) is 13.6. The Morgan fingerprint density at radius 2 is 1.67 bits per heavy atom. The van der Waals surface area contributed by atoms with Gasteiger partial charge < -0.3 is 20.0 Å². The minimum absolute atomic E-state index is 0.127. The highest BCUT2D eigenvalue weighted by molar-refractivity contribution is 5.90. The third kappa shape index (κ3) is 6.94. The van der Waals surface area contributed by atoms with Crippen molar-refractivity contribution < 1.29 is 9.59 Å². The number of nitrogens with zero attached hydrogens (tertiary/aromatic N) is 3. The topological polar surface area (TPSA) is 55.9 Å². The summed E-state index contributed by atoms with van der Waals surface area (Å²) in [7, 11) is 4.35. The summed E-state index contributed by atoms with van der Waals surface area (Å²) in [6, 6.07) is -0.456. The molecule has 0 aromatic heterocycles. The largest absolute Gasteiger partial charge is 0.341 e. The first-order chi connectivity index (χ1) is 15.6. The van der Waals surface area contributed by atoms with E-state index < -0.39 is 0 Å². The second kappa shape index (κ2) is 11.5. The molecule has 2 amide bonds. The molecule has 2 saturated heterocycles. The molecular formula is C27H50N4O2. The van der Waals surface area contributed by atoms with Crippen LogP contribution in [-0.4, -0.2) is 85.4 Å². The first kappa shape index (κ1) is 26.5. The molecule has 0 radical (unpaired) electrons. The van der Waals surface area contributed by atoms with E-state index in [1.54, 1.807) is 0 Å². The Labute approximate surface area is 202 Å². The summed E-state index contributed by atoms with van der Waals surface area (Å²) in [6.45, 7) is 13.0. The van der Waals surface area contributed by atoms with Crippen molar-refractivity contribution in [2.24, 2.45) is 23.2 Å². The van der Waals surface area contributed by atoms with Crippen molar-refractivity contribution >= 4 is 11.8 Å². The molecule has 0 aromatic rings. The second-order valence-corrected chi connectivity index (χ2v) is 12.3. The fourth-order valence-electron chi connectivity index (χ4n) is 6.43. The first-order valence-corrected chi connectivity index (χ1v) is 13.6. The lowest BCUT2D eigenvalue weighted by atomic mass is 9.65. The zero-order valence-corrected chi connectivity index (χ0v) is 22.2. The van der Waals surface area contributed by atoms with E-state index in [-0.39, 0.29) is 23.9 Å². The molecule has 190 valence electrons. The number of hydrogen-bond donors (Lipinski definition) is 1. The lowest BCUT2D eigenvalue weighted by molar-refractivity contribution is -0.151. The van der Waals surface area contributed by atoms with Crippen molar-refractivity contribution in [1.29, 1.82) is 0 Å². The van der Waals surface area contributed by atoms with Crippen LogP contribution >= 0.6 is 0 Å². The third-order valence-corrected chi connectivity index (χ3v) is 8.31. The summed E-state index contributed by atoms with van der Waals surface area (Å²) in [5.74, 6) is 1.99. The molecule has 3 aliphatic rings. The predicted molar refractivity (Wildman–Crippen MR) is 135 cm³/mol. The molecule has 6 heteroatoms. The van der Waals surface area contributed by atoms with E-state index in [0.29, 0.717) is 23.8 Å². The lowest BCUT2D eigenvalue weighted by Gasteiger charge is -2.48. The third-order valence-electron chi connectivity index (χ3n) is 8.31. The minimum atomic E-state index is -0.306. The Bertz CT molecular complexity index is 645. The Morgan fingerprint density at radius 1 is 1.03 bits per heavy atom. The number of carbonyl (C=O) groups is 2. The fourth-order valence-corrected chi connectivity index (χ4v) is 6.43. The summed E-state index contributed by atoms with van der Waals surface area (Å²) in [5.41, 5.74) is 0.445. The van der Waals surface area contributed by atoms with Crippen LogP contribution in [0.2, 0.25) is 0 Å². The number of piperidine rings is 1. The number of carbonyl (C=O) groups excluding carboxylic acids is 2. The van der Waals surface area contributed by atoms with Crippen molar-refractivity contribution in [3.05, 3.63) is 0 Å². The van der Waals surface area contributed by atoms with Gasteiger partial charge in [0, 0.05) is 32.7 Å². The molecule has 1 saturated carbocycles. The van der Waals surface area contributed by atoms with Crippen LogP contribution in [0.4, 0.5) is 0 Å². The van der Waals surface area contributed by atoms with Gasteiger partial charge in [-0.3, -0.25) is 9.59 Å². The maximum Gasteiger partial charge on any atom is 0.245 e. The summed E-state index contributed by atoms with van der Waals surface area (Å²) in [4.78, 5) is 33.4. The average molecular weight is 463 g/mol. The van der Waals surface area contributed by atoms with Gasteiger partial charge in [-0.05, 0) is 88.6 Å². The highest BCUT2D eigenvalue weighted by Gasteiger charge is 2.42. The van der Waals surface area contributed by atoms with Crippen molar-refractivity contribution in [1.82, 2.24) is 20.0 Å². The van der Waals surface area contributed by atoms with Gasteiger partial charge in [0.25, 0.3) is 0 Å². The van der Waals surface area contributed by atoms with Gasteiger partial charge in [0.15, 0.2) is 0 Å². The maximum atomic E-state index is 13.8. The lowest BCUT2D eigenvalue weighted by Crippen LogP contribution is -2.62. The van der Waals surface area contributed by atoms with Gasteiger partial charge in [-0.15, -0.1) is 0 Å². The number of nitrogens with one attached hydrogen (secondary N) is 1. The van der Waals surface area contributed by atoms with E-state index in [4.69, 9.17) is 0 Å². The van der Waals surface area contributed by atoms with Crippen molar-refractivity contribution in [2.75, 3.05) is 46.8 Å². The summed E-state index contributed by atoms with van der Waals surface area (Å²) < 4.78 is 0. The molecule has 1 unspecified atom stereocenters. The molecular weight excluding hydrogens is 412 g/mol. The molecule has 6 nitrogen and oxygen atoms in total. The number of piperazine rings is 1. The number of rotatable bonds is 8. The minimum Gasteiger partial charge on any atom is -0.341 e. The highest BCUT2D eigenvalue weighted by atomic mass is 16.2. The molecule has 0 bridgehead atoms. The van der Waals surface area contributed by atoms with Gasteiger partial charge in [-0.2, -0.15) is 0 Å².